The van der Waals surface area contributed by atoms with Crippen molar-refractivity contribution in [3.63, 3.8) is 0 Å². The van der Waals surface area contributed by atoms with E-state index in [1.54, 1.807) is 20.8 Å². The van der Waals surface area contributed by atoms with Gasteiger partial charge in [0.15, 0.2) is 5.82 Å². The number of rotatable bonds is 1. The van der Waals surface area contributed by atoms with Crippen molar-refractivity contribution < 1.29 is 13.9 Å². The highest BCUT2D eigenvalue weighted by Crippen LogP contribution is 2.10. The Bertz CT molecular complexity index is 530. The number of nitrogens with one attached hydrogen (secondary N) is 1. The molecule has 0 aromatic carbocycles. The first-order valence-electron chi connectivity index (χ1n) is 5.55. The Morgan fingerprint density at radius 3 is 2.84 bits per heavy atom. The molecule has 6 heteroatoms. The maximum Gasteiger partial charge on any atom is 0.408 e. The van der Waals surface area contributed by atoms with Crippen LogP contribution in [0.3, 0.4) is 0 Å². The lowest BCUT2D eigenvalue weighted by atomic mass is 10.2. The van der Waals surface area contributed by atoms with Crippen LogP contribution >= 0.6 is 11.6 Å². The molecule has 0 spiro atoms. The zero-order valence-electron chi connectivity index (χ0n) is 10.9. The van der Waals surface area contributed by atoms with E-state index in [0.717, 1.165) is 6.07 Å². The maximum atomic E-state index is 13.3. The Balaban J connectivity index is 2.50. The summed E-state index contributed by atoms with van der Waals surface area (Å²) in [6.45, 7) is 5.31. The van der Waals surface area contributed by atoms with Gasteiger partial charge >= 0.3 is 6.09 Å². The van der Waals surface area contributed by atoms with Crippen LogP contribution in [-0.2, 0) is 4.74 Å². The summed E-state index contributed by atoms with van der Waals surface area (Å²) in [6.07, 6.45) is 0.724. The van der Waals surface area contributed by atoms with Crippen LogP contribution in [0.1, 0.15) is 26.5 Å². The van der Waals surface area contributed by atoms with E-state index < -0.39 is 17.5 Å². The molecular weight excluding hydrogens is 271 g/mol. The first-order chi connectivity index (χ1) is 8.78. The summed E-state index contributed by atoms with van der Waals surface area (Å²) in [5.41, 5.74) is -0.586. The molecule has 0 aliphatic carbocycles. The van der Waals surface area contributed by atoms with E-state index in [-0.39, 0.29) is 17.3 Å². The van der Waals surface area contributed by atoms with Gasteiger partial charge in [-0.3, -0.25) is 0 Å². The van der Waals surface area contributed by atoms with Crippen molar-refractivity contribution >= 4 is 17.7 Å². The van der Waals surface area contributed by atoms with Crippen molar-refractivity contribution in [3.8, 4) is 11.8 Å². The van der Waals surface area contributed by atoms with Gasteiger partial charge < -0.3 is 10.1 Å². The van der Waals surface area contributed by atoms with E-state index in [1.165, 1.54) is 6.20 Å². The van der Waals surface area contributed by atoms with Gasteiger partial charge in [0.25, 0.3) is 0 Å². The van der Waals surface area contributed by atoms with Crippen LogP contribution < -0.4 is 5.32 Å². The number of carbonyl (C=O) groups excluding carboxylic acids is 1. The standard InChI is InChI=1S/C13H14ClFN2O2/c1-13(2,3)19-12(18)16-6-4-5-11-10(15)7-9(14)8-17-11/h7-8H,6H2,1-3H3,(H,16,18). The smallest absolute Gasteiger partial charge is 0.408 e. The minimum Gasteiger partial charge on any atom is -0.444 e. The Labute approximate surface area is 116 Å². The second-order valence-electron chi connectivity index (χ2n) is 4.64. The van der Waals surface area contributed by atoms with Crippen LogP contribution in [-0.4, -0.2) is 23.2 Å². The monoisotopic (exact) mass is 284 g/mol. The van der Waals surface area contributed by atoms with E-state index in [9.17, 15) is 9.18 Å². The normalized spacial score (nSPS) is 10.4. The Morgan fingerprint density at radius 1 is 1.58 bits per heavy atom. The second kappa shape index (κ2) is 6.39. The Kier molecular flexibility index (Phi) is 5.13. The van der Waals surface area contributed by atoms with Crippen LogP contribution in [0.15, 0.2) is 12.3 Å². The number of nitrogens with zero attached hydrogens (tertiary/aromatic N) is 1. The number of carbonyl (C=O) groups is 1. The van der Waals surface area contributed by atoms with E-state index in [2.05, 4.69) is 22.1 Å². The summed E-state index contributed by atoms with van der Waals surface area (Å²) in [5.74, 6) is 4.46. The fraction of sp³-hybridized carbons (Fsp3) is 0.385. The molecule has 0 atom stereocenters. The van der Waals surface area contributed by atoms with Crippen LogP contribution in [0.4, 0.5) is 9.18 Å². The predicted octanol–water partition coefficient (Wildman–Crippen LogP) is 2.75. The molecule has 1 aromatic rings. The molecule has 1 aromatic heterocycles. The molecule has 102 valence electrons. The predicted molar refractivity (Wildman–Crippen MR) is 70.3 cm³/mol. The third kappa shape index (κ3) is 6.07. The zero-order valence-corrected chi connectivity index (χ0v) is 11.6. The molecule has 19 heavy (non-hydrogen) atoms. The minimum atomic E-state index is -0.600. The summed E-state index contributed by atoms with van der Waals surface area (Å²) in [6, 6.07) is 1.12. The zero-order chi connectivity index (χ0) is 14.5. The highest BCUT2D eigenvalue weighted by molar-refractivity contribution is 6.30. The summed E-state index contributed by atoms with van der Waals surface area (Å²) < 4.78 is 18.3. The molecule has 1 heterocycles. The van der Waals surface area contributed by atoms with Gasteiger partial charge in [-0.05, 0) is 32.8 Å². The lowest BCUT2D eigenvalue weighted by molar-refractivity contribution is 0.0535. The fourth-order valence-corrected chi connectivity index (χ4v) is 1.21. The van der Waals surface area contributed by atoms with E-state index in [1.807, 2.05) is 0 Å². The number of hydrogen-bond donors (Lipinski definition) is 1. The number of amides is 1. The molecule has 0 saturated heterocycles. The van der Waals surface area contributed by atoms with Crippen molar-refractivity contribution in [2.24, 2.45) is 0 Å². The van der Waals surface area contributed by atoms with E-state index >= 15 is 0 Å². The fourth-order valence-electron chi connectivity index (χ4n) is 1.07. The number of halogens is 2. The molecular formula is C13H14ClFN2O2. The molecule has 0 bridgehead atoms. The Hall–Kier alpha value is -1.80. The van der Waals surface area contributed by atoms with Crippen LogP contribution in [0.25, 0.3) is 0 Å². The maximum absolute atomic E-state index is 13.3. The molecule has 4 nitrogen and oxygen atoms in total. The van der Waals surface area contributed by atoms with Crippen LogP contribution in [0, 0.1) is 17.7 Å². The van der Waals surface area contributed by atoms with Gasteiger partial charge in [-0.2, -0.15) is 0 Å². The topological polar surface area (TPSA) is 51.2 Å². The number of alkyl carbamates (subject to hydrolysis) is 1. The molecule has 0 aliphatic rings. The number of ether oxygens (including phenoxy) is 1. The number of hydrogen-bond acceptors (Lipinski definition) is 3. The summed E-state index contributed by atoms with van der Waals surface area (Å²) in [4.78, 5) is 15.0. The lowest BCUT2D eigenvalue weighted by Gasteiger charge is -2.18. The van der Waals surface area contributed by atoms with Gasteiger partial charge in [0.2, 0.25) is 0 Å². The quantitative estimate of drug-likeness (QED) is 0.807. The second-order valence-corrected chi connectivity index (χ2v) is 5.08. The van der Waals surface area contributed by atoms with E-state index in [4.69, 9.17) is 16.3 Å². The molecule has 0 unspecified atom stereocenters. The van der Waals surface area contributed by atoms with Crippen molar-refractivity contribution in [1.29, 1.82) is 0 Å². The molecule has 0 saturated carbocycles. The largest absolute Gasteiger partial charge is 0.444 e. The highest BCUT2D eigenvalue weighted by atomic mass is 35.5. The van der Waals surface area contributed by atoms with Gasteiger partial charge in [-0.15, -0.1) is 0 Å². The molecule has 0 radical (unpaired) electrons. The van der Waals surface area contributed by atoms with Crippen molar-refractivity contribution in [2.45, 2.75) is 26.4 Å². The van der Waals surface area contributed by atoms with Crippen LogP contribution in [0.2, 0.25) is 5.02 Å². The molecule has 1 amide bonds. The minimum absolute atomic E-state index is 0.0182. The molecule has 0 fully saturated rings. The average molecular weight is 285 g/mol. The SMILES string of the molecule is CC(C)(C)OC(=O)NCC#Cc1ncc(Cl)cc1F. The summed E-state index contributed by atoms with van der Waals surface area (Å²) in [7, 11) is 0. The number of pyridine rings is 1. The lowest BCUT2D eigenvalue weighted by Crippen LogP contribution is -2.32. The van der Waals surface area contributed by atoms with Crippen molar-refractivity contribution in [1.82, 2.24) is 10.3 Å². The summed E-state index contributed by atoms with van der Waals surface area (Å²) in [5, 5.41) is 2.63. The average Bonchev–Trinajstić information content (AvgIpc) is 2.24. The van der Waals surface area contributed by atoms with Gasteiger partial charge in [-0.1, -0.05) is 17.5 Å². The van der Waals surface area contributed by atoms with Gasteiger partial charge in [-0.25, -0.2) is 14.2 Å². The first-order valence-corrected chi connectivity index (χ1v) is 5.92. The van der Waals surface area contributed by atoms with E-state index in [0.29, 0.717) is 0 Å². The van der Waals surface area contributed by atoms with Gasteiger partial charge in [0.05, 0.1) is 11.6 Å². The van der Waals surface area contributed by atoms with Gasteiger partial charge in [0, 0.05) is 6.20 Å². The molecule has 1 rings (SSSR count). The van der Waals surface area contributed by atoms with Crippen molar-refractivity contribution in [2.75, 3.05) is 6.54 Å². The highest BCUT2D eigenvalue weighted by Gasteiger charge is 2.15. The molecule has 0 aliphatic heterocycles. The third-order valence-corrected chi connectivity index (χ3v) is 1.94. The number of aromatic nitrogens is 1. The van der Waals surface area contributed by atoms with Crippen LogP contribution in [0.5, 0.6) is 0 Å². The van der Waals surface area contributed by atoms with Gasteiger partial charge in [0.1, 0.15) is 11.3 Å². The van der Waals surface area contributed by atoms with Crippen molar-refractivity contribution in [3.05, 3.63) is 28.8 Å². The molecule has 1 N–H and O–H groups in total. The first kappa shape index (κ1) is 15.3. The summed E-state index contributed by atoms with van der Waals surface area (Å²) >= 11 is 5.56. The third-order valence-electron chi connectivity index (χ3n) is 1.73. The Morgan fingerprint density at radius 2 is 2.26 bits per heavy atom.